The Morgan fingerprint density at radius 3 is 1.58 bits per heavy atom. The zero-order chi connectivity index (χ0) is 17.7. The maximum absolute atomic E-state index is 5.81. The fourth-order valence-electron chi connectivity index (χ4n) is 3.71. The summed E-state index contributed by atoms with van der Waals surface area (Å²) in [5.41, 5.74) is 18.3. The number of aromatic nitrogens is 1. The molecule has 4 N–H and O–H groups in total. The zero-order valence-corrected chi connectivity index (χ0v) is 14.4. The lowest BCUT2D eigenvalue weighted by atomic mass is 10.1. The Morgan fingerprint density at radius 1 is 0.615 bits per heavy atom. The maximum atomic E-state index is 5.81. The quantitative estimate of drug-likeness (QED) is 0.534. The summed E-state index contributed by atoms with van der Waals surface area (Å²) in [5, 5.41) is 2.53. The Kier molecular flexibility index (Phi) is 3.19. The average Bonchev–Trinajstić information content (AvgIpc) is 3.23. The van der Waals surface area contributed by atoms with Crippen LogP contribution in [0.15, 0.2) is 73.1 Å². The van der Waals surface area contributed by atoms with Crippen LogP contribution in [0.2, 0.25) is 0 Å². The molecule has 0 atom stereocenters. The average molecular weight is 340 g/mol. The van der Waals surface area contributed by atoms with Gasteiger partial charge in [0.2, 0.25) is 0 Å². The van der Waals surface area contributed by atoms with E-state index in [2.05, 4.69) is 46.1 Å². The topological polar surface area (TPSA) is 60.2 Å². The predicted octanol–water partition coefficient (Wildman–Crippen LogP) is 4.32. The smallest absolute Gasteiger partial charge is 0.0451 e. The number of rotatable bonds is 2. The Labute approximate surface area is 152 Å². The second-order valence-corrected chi connectivity index (χ2v) is 6.95. The highest BCUT2D eigenvalue weighted by atomic mass is 15.1. The van der Waals surface area contributed by atoms with Gasteiger partial charge >= 0.3 is 0 Å². The van der Waals surface area contributed by atoms with Gasteiger partial charge in [0, 0.05) is 59.0 Å². The lowest BCUT2D eigenvalue weighted by Gasteiger charge is -2.17. The van der Waals surface area contributed by atoms with E-state index in [9.17, 15) is 0 Å². The molecule has 0 fully saturated rings. The third-order valence-electron chi connectivity index (χ3n) is 5.13. The van der Waals surface area contributed by atoms with Crippen molar-refractivity contribution < 1.29 is 0 Å². The molecule has 0 saturated carbocycles. The summed E-state index contributed by atoms with van der Waals surface area (Å²) in [4.78, 5) is 2.39. The first-order chi connectivity index (χ1) is 12.7. The molecule has 5 rings (SSSR count). The van der Waals surface area contributed by atoms with Crippen molar-refractivity contribution in [2.75, 3.05) is 16.4 Å². The van der Waals surface area contributed by atoms with E-state index in [0.717, 1.165) is 30.2 Å². The van der Waals surface area contributed by atoms with Gasteiger partial charge in [-0.05, 0) is 71.8 Å². The van der Waals surface area contributed by atoms with Crippen molar-refractivity contribution in [1.82, 2.24) is 4.57 Å². The minimum atomic E-state index is 0.784. The molecule has 0 saturated heterocycles. The minimum absolute atomic E-state index is 0.784. The molecule has 1 aliphatic heterocycles. The zero-order valence-electron chi connectivity index (χ0n) is 14.4. The first-order valence-electron chi connectivity index (χ1n) is 8.76. The van der Waals surface area contributed by atoms with Gasteiger partial charge in [0.15, 0.2) is 0 Å². The molecule has 26 heavy (non-hydrogen) atoms. The Bertz CT molecular complexity index is 1050. The number of anilines is 3. The van der Waals surface area contributed by atoms with E-state index < -0.39 is 0 Å². The molecule has 3 aromatic carbocycles. The highest BCUT2D eigenvalue weighted by molar-refractivity contribution is 5.85. The van der Waals surface area contributed by atoms with Crippen LogP contribution >= 0.6 is 0 Å². The summed E-state index contributed by atoms with van der Waals surface area (Å²) in [6.07, 6.45) is 4.38. The number of fused-ring (bicyclic) bond motifs is 2. The minimum Gasteiger partial charge on any atom is -0.399 e. The Hall–Kier alpha value is -3.40. The van der Waals surface area contributed by atoms with E-state index >= 15 is 0 Å². The molecule has 4 nitrogen and oxygen atoms in total. The van der Waals surface area contributed by atoms with Gasteiger partial charge in [-0.3, -0.25) is 0 Å². The van der Waals surface area contributed by atoms with E-state index in [-0.39, 0.29) is 0 Å². The van der Waals surface area contributed by atoms with Gasteiger partial charge in [0.1, 0.15) is 0 Å². The normalized spacial score (nSPS) is 13.3. The van der Waals surface area contributed by atoms with Crippen LogP contribution in [0.4, 0.5) is 17.1 Å². The van der Waals surface area contributed by atoms with E-state index in [4.69, 9.17) is 11.5 Å². The predicted molar refractivity (Wildman–Crippen MR) is 108 cm³/mol. The monoisotopic (exact) mass is 340 g/mol. The van der Waals surface area contributed by atoms with Crippen molar-refractivity contribution in [2.45, 2.75) is 13.1 Å². The standard InChI is InChI=1S/C22H20N4/c23-19-1-5-21(6-2-19)25-11-15-9-17-13-26(14-18(17)10-16(15)12-25)22-7-3-20(24)4-8-22/h1-12H,13-14,23-24H2. The number of hydrogen-bond acceptors (Lipinski definition) is 3. The molecule has 2 heterocycles. The Morgan fingerprint density at radius 2 is 1.08 bits per heavy atom. The summed E-state index contributed by atoms with van der Waals surface area (Å²) in [7, 11) is 0. The first-order valence-corrected chi connectivity index (χ1v) is 8.76. The first kappa shape index (κ1) is 14.9. The molecule has 1 aliphatic rings. The summed E-state index contributed by atoms with van der Waals surface area (Å²) >= 11 is 0. The van der Waals surface area contributed by atoms with Crippen molar-refractivity contribution in [3.8, 4) is 5.69 Å². The fourth-order valence-corrected chi connectivity index (χ4v) is 3.71. The van der Waals surface area contributed by atoms with Gasteiger partial charge in [-0.2, -0.15) is 0 Å². The maximum Gasteiger partial charge on any atom is 0.0451 e. The summed E-state index contributed by atoms with van der Waals surface area (Å²) in [5.74, 6) is 0. The lowest BCUT2D eigenvalue weighted by molar-refractivity contribution is 0.881. The third kappa shape index (κ3) is 2.47. The van der Waals surface area contributed by atoms with Crippen LogP contribution in [-0.2, 0) is 13.1 Å². The molecule has 4 heteroatoms. The van der Waals surface area contributed by atoms with Crippen molar-refractivity contribution in [3.63, 3.8) is 0 Å². The van der Waals surface area contributed by atoms with E-state index in [1.807, 2.05) is 36.4 Å². The molecule has 0 amide bonds. The SMILES string of the molecule is Nc1ccc(N2Cc3cc4cn(-c5ccc(N)cc5)cc4cc3C2)cc1. The second-order valence-electron chi connectivity index (χ2n) is 6.95. The van der Waals surface area contributed by atoms with E-state index in [1.54, 1.807) is 0 Å². The molecule has 0 bridgehead atoms. The van der Waals surface area contributed by atoms with Crippen LogP contribution in [-0.4, -0.2) is 4.57 Å². The van der Waals surface area contributed by atoms with Gasteiger partial charge in [-0.15, -0.1) is 0 Å². The Balaban J connectivity index is 1.48. The highest BCUT2D eigenvalue weighted by Crippen LogP contribution is 2.32. The van der Waals surface area contributed by atoms with Crippen molar-refractivity contribution in [1.29, 1.82) is 0 Å². The van der Waals surface area contributed by atoms with Crippen molar-refractivity contribution >= 4 is 27.8 Å². The summed E-state index contributed by atoms with van der Waals surface area (Å²) in [6, 6.07) is 20.7. The largest absolute Gasteiger partial charge is 0.399 e. The van der Waals surface area contributed by atoms with Crippen molar-refractivity contribution in [2.24, 2.45) is 0 Å². The number of nitrogens with two attached hydrogens (primary N) is 2. The van der Waals surface area contributed by atoms with Crippen LogP contribution < -0.4 is 16.4 Å². The molecule has 1 aromatic heterocycles. The molecule has 0 unspecified atom stereocenters. The van der Waals surface area contributed by atoms with Gasteiger partial charge in [0.25, 0.3) is 0 Å². The fraction of sp³-hybridized carbons (Fsp3) is 0.0909. The molecule has 128 valence electrons. The number of nitrogens with zero attached hydrogens (tertiary/aromatic N) is 2. The van der Waals surface area contributed by atoms with Crippen LogP contribution in [0.1, 0.15) is 11.1 Å². The van der Waals surface area contributed by atoms with Crippen molar-refractivity contribution in [3.05, 3.63) is 84.2 Å². The summed E-state index contributed by atoms with van der Waals surface area (Å²) in [6.45, 7) is 1.87. The number of nitrogen functional groups attached to an aromatic ring is 2. The molecule has 0 spiro atoms. The second kappa shape index (κ2) is 5.56. The van der Waals surface area contributed by atoms with Crippen LogP contribution in [0.5, 0.6) is 0 Å². The molecule has 0 aliphatic carbocycles. The van der Waals surface area contributed by atoms with Crippen LogP contribution in [0, 0.1) is 0 Å². The van der Waals surface area contributed by atoms with Gasteiger partial charge in [0.05, 0.1) is 0 Å². The number of benzene rings is 3. The number of hydrogen-bond donors (Lipinski definition) is 2. The highest BCUT2D eigenvalue weighted by Gasteiger charge is 2.20. The lowest BCUT2D eigenvalue weighted by Crippen LogP contribution is -2.14. The molecule has 0 radical (unpaired) electrons. The van der Waals surface area contributed by atoms with Crippen LogP contribution in [0.25, 0.3) is 16.5 Å². The van der Waals surface area contributed by atoms with Gasteiger partial charge in [-0.25, -0.2) is 0 Å². The van der Waals surface area contributed by atoms with Gasteiger partial charge < -0.3 is 20.9 Å². The third-order valence-corrected chi connectivity index (χ3v) is 5.13. The molecular formula is C22H20N4. The van der Waals surface area contributed by atoms with E-state index in [0.29, 0.717) is 0 Å². The molecular weight excluding hydrogens is 320 g/mol. The van der Waals surface area contributed by atoms with E-state index in [1.165, 1.54) is 27.6 Å². The molecule has 4 aromatic rings. The van der Waals surface area contributed by atoms with Gasteiger partial charge in [-0.1, -0.05) is 0 Å². The van der Waals surface area contributed by atoms with Crippen LogP contribution in [0.3, 0.4) is 0 Å². The summed E-state index contributed by atoms with van der Waals surface area (Å²) < 4.78 is 2.16.